The number of hydrogen-bond acceptors (Lipinski definition) is 3. The van der Waals surface area contributed by atoms with Crippen LogP contribution in [0.1, 0.15) is 26.3 Å². The zero-order valence-corrected chi connectivity index (χ0v) is 16.7. The van der Waals surface area contributed by atoms with E-state index in [1.54, 1.807) is 20.8 Å². The molecular weight excluding hydrogens is 420 g/mol. The zero-order valence-electron chi connectivity index (χ0n) is 15.2. The molecule has 0 bridgehead atoms. The number of nitrogens with one attached hydrogen (secondary N) is 1. The third-order valence-corrected chi connectivity index (χ3v) is 6.10. The van der Waals surface area contributed by atoms with Crippen molar-refractivity contribution in [2.45, 2.75) is 37.2 Å². The fourth-order valence-electron chi connectivity index (χ4n) is 2.71. The normalized spacial score (nSPS) is 20.6. The largest absolute Gasteiger partial charge is 0.488 e. The second kappa shape index (κ2) is 6.96. The number of aromatic nitrogens is 1. The second-order valence-corrected chi connectivity index (χ2v) is 9.71. The van der Waals surface area contributed by atoms with Gasteiger partial charge in [0.25, 0.3) is 0 Å². The third kappa shape index (κ3) is 3.62. The summed E-state index contributed by atoms with van der Waals surface area (Å²) in [6, 6.07) is 6.10. The standard InChI is InChI=1S/C18H17ClF4N2O2S/c1-16(2,3)28(26)25-17(18(21,22)23)9-27-15-12(17)8-13(19)24-14(15)10-4-6-11(20)7-5-10/h4-8,25H,9H2,1-3H3/t17-,28+/m0/s1. The lowest BCUT2D eigenvalue weighted by atomic mass is 9.92. The van der Waals surface area contributed by atoms with E-state index >= 15 is 0 Å². The summed E-state index contributed by atoms with van der Waals surface area (Å²) in [5.41, 5.74) is -2.63. The maximum Gasteiger partial charge on any atom is 0.415 e. The van der Waals surface area contributed by atoms with Crippen molar-refractivity contribution in [3.63, 3.8) is 0 Å². The van der Waals surface area contributed by atoms with Crippen LogP contribution in [0.15, 0.2) is 30.3 Å². The van der Waals surface area contributed by atoms with Crippen LogP contribution < -0.4 is 9.46 Å². The lowest BCUT2D eigenvalue weighted by Crippen LogP contribution is -2.58. The number of hydrogen-bond donors (Lipinski definition) is 1. The summed E-state index contributed by atoms with van der Waals surface area (Å²) < 4.78 is 74.9. The Morgan fingerprint density at radius 1 is 1.21 bits per heavy atom. The summed E-state index contributed by atoms with van der Waals surface area (Å²) >= 11 is 6.00. The van der Waals surface area contributed by atoms with Crippen LogP contribution in [0.4, 0.5) is 17.6 Å². The highest BCUT2D eigenvalue weighted by molar-refractivity contribution is 7.84. The molecule has 4 nitrogen and oxygen atoms in total. The Labute approximate surface area is 166 Å². The Kier molecular flexibility index (Phi) is 5.23. The van der Waals surface area contributed by atoms with Crippen LogP contribution in [0.25, 0.3) is 11.3 Å². The highest BCUT2D eigenvalue weighted by Gasteiger charge is 2.62. The molecule has 0 aliphatic carbocycles. The van der Waals surface area contributed by atoms with Crippen LogP contribution in [0.2, 0.25) is 5.15 Å². The molecule has 0 unspecified atom stereocenters. The summed E-state index contributed by atoms with van der Waals surface area (Å²) in [4.78, 5) is 4.07. The van der Waals surface area contributed by atoms with Gasteiger partial charge in [0.1, 0.15) is 23.3 Å². The van der Waals surface area contributed by atoms with Crippen LogP contribution in [-0.2, 0) is 16.5 Å². The van der Waals surface area contributed by atoms with Gasteiger partial charge in [0.2, 0.25) is 0 Å². The minimum Gasteiger partial charge on any atom is -0.488 e. The van der Waals surface area contributed by atoms with Crippen molar-refractivity contribution in [1.82, 2.24) is 9.71 Å². The van der Waals surface area contributed by atoms with Crippen molar-refractivity contribution in [3.8, 4) is 17.0 Å². The molecule has 28 heavy (non-hydrogen) atoms. The van der Waals surface area contributed by atoms with Crippen molar-refractivity contribution in [3.05, 3.63) is 46.9 Å². The Hall–Kier alpha value is -1.71. The molecule has 2 heterocycles. The zero-order chi connectivity index (χ0) is 20.9. The third-order valence-electron chi connectivity index (χ3n) is 4.26. The van der Waals surface area contributed by atoms with E-state index in [1.807, 2.05) is 0 Å². The van der Waals surface area contributed by atoms with E-state index in [0.717, 1.165) is 18.2 Å². The molecule has 10 heteroatoms. The highest BCUT2D eigenvalue weighted by Crippen LogP contribution is 2.51. The monoisotopic (exact) mass is 436 g/mol. The number of benzene rings is 1. The molecule has 0 amide bonds. The van der Waals surface area contributed by atoms with Gasteiger partial charge in [0.15, 0.2) is 11.3 Å². The van der Waals surface area contributed by atoms with Gasteiger partial charge in [-0.25, -0.2) is 18.3 Å². The summed E-state index contributed by atoms with van der Waals surface area (Å²) in [5, 5.41) is -0.194. The lowest BCUT2D eigenvalue weighted by Gasteiger charge is -2.33. The molecule has 0 saturated carbocycles. The van der Waals surface area contributed by atoms with E-state index < -0.39 is 39.9 Å². The molecule has 1 aromatic heterocycles. The van der Waals surface area contributed by atoms with E-state index in [2.05, 4.69) is 9.71 Å². The van der Waals surface area contributed by atoms with Gasteiger partial charge in [-0.15, -0.1) is 0 Å². The van der Waals surface area contributed by atoms with Crippen molar-refractivity contribution >= 4 is 22.6 Å². The number of nitrogens with zero attached hydrogens (tertiary/aromatic N) is 1. The summed E-state index contributed by atoms with van der Waals surface area (Å²) in [6.07, 6.45) is -4.83. The van der Waals surface area contributed by atoms with E-state index in [-0.39, 0.29) is 22.2 Å². The van der Waals surface area contributed by atoms with E-state index in [1.165, 1.54) is 12.1 Å². The van der Waals surface area contributed by atoms with Crippen molar-refractivity contribution in [1.29, 1.82) is 0 Å². The number of fused-ring (bicyclic) bond motifs is 1. The molecule has 1 aliphatic rings. The molecule has 1 aliphatic heterocycles. The Morgan fingerprint density at radius 3 is 2.36 bits per heavy atom. The molecule has 0 spiro atoms. The average Bonchev–Trinajstić information content (AvgIpc) is 2.93. The fraction of sp³-hybridized carbons (Fsp3) is 0.389. The van der Waals surface area contributed by atoms with Crippen LogP contribution in [0, 0.1) is 5.82 Å². The molecule has 3 rings (SSSR count). The highest BCUT2D eigenvalue weighted by atomic mass is 35.5. The van der Waals surface area contributed by atoms with Gasteiger partial charge in [-0.2, -0.15) is 13.2 Å². The molecule has 0 radical (unpaired) electrons. The minimum atomic E-state index is -4.83. The first-order valence-electron chi connectivity index (χ1n) is 8.21. The molecule has 152 valence electrons. The number of alkyl halides is 3. The van der Waals surface area contributed by atoms with Crippen molar-refractivity contribution < 1.29 is 26.5 Å². The predicted molar refractivity (Wildman–Crippen MR) is 98.9 cm³/mol. The van der Waals surface area contributed by atoms with E-state index in [0.29, 0.717) is 5.56 Å². The molecular formula is C18H17ClF4N2O2S. The molecule has 1 aromatic carbocycles. The molecule has 1 N–H and O–H groups in total. The number of halogens is 5. The quantitative estimate of drug-likeness (QED) is 0.558. The van der Waals surface area contributed by atoms with Gasteiger partial charge in [-0.3, -0.25) is 0 Å². The first-order chi connectivity index (χ1) is 12.8. The van der Waals surface area contributed by atoms with Gasteiger partial charge >= 0.3 is 6.18 Å². The van der Waals surface area contributed by atoms with Crippen LogP contribution in [-0.4, -0.2) is 26.7 Å². The Morgan fingerprint density at radius 2 is 1.82 bits per heavy atom. The maximum absolute atomic E-state index is 14.2. The molecule has 0 saturated heterocycles. The number of pyridine rings is 1. The topological polar surface area (TPSA) is 51.2 Å². The average molecular weight is 437 g/mol. The van der Waals surface area contributed by atoms with Crippen molar-refractivity contribution in [2.75, 3.05) is 6.61 Å². The number of rotatable bonds is 3. The van der Waals surface area contributed by atoms with Gasteiger partial charge in [0, 0.05) is 11.1 Å². The Bertz CT molecular complexity index is 929. The second-order valence-electron chi connectivity index (χ2n) is 7.35. The van der Waals surface area contributed by atoms with E-state index in [9.17, 15) is 21.8 Å². The van der Waals surface area contributed by atoms with Crippen LogP contribution >= 0.6 is 11.6 Å². The molecule has 0 fully saturated rings. The van der Waals surface area contributed by atoms with E-state index in [4.69, 9.17) is 16.3 Å². The summed E-state index contributed by atoms with van der Waals surface area (Å²) in [7, 11) is -2.04. The Balaban J connectivity index is 2.20. The summed E-state index contributed by atoms with van der Waals surface area (Å²) in [5.74, 6) is -0.637. The van der Waals surface area contributed by atoms with Crippen LogP contribution in [0.3, 0.4) is 0 Å². The number of ether oxygens (including phenoxy) is 1. The first-order valence-corrected chi connectivity index (χ1v) is 9.74. The van der Waals surface area contributed by atoms with Gasteiger partial charge < -0.3 is 4.74 Å². The predicted octanol–water partition coefficient (Wildman–Crippen LogP) is 4.74. The maximum atomic E-state index is 14.2. The smallest absolute Gasteiger partial charge is 0.415 e. The molecule has 2 aromatic rings. The molecule has 2 atom stereocenters. The van der Waals surface area contributed by atoms with Gasteiger partial charge in [-0.05, 0) is 51.1 Å². The first kappa shape index (κ1) is 21.0. The van der Waals surface area contributed by atoms with Gasteiger partial charge in [0.05, 0.1) is 15.7 Å². The fourth-order valence-corrected chi connectivity index (χ4v) is 3.82. The van der Waals surface area contributed by atoms with Crippen molar-refractivity contribution in [2.24, 2.45) is 0 Å². The van der Waals surface area contributed by atoms with Crippen LogP contribution in [0.5, 0.6) is 5.75 Å². The minimum absolute atomic E-state index is 0.0527. The lowest BCUT2D eigenvalue weighted by molar-refractivity contribution is -0.196. The SMILES string of the molecule is CC(C)(C)[S@@](=O)N[C@@]1(C(F)(F)F)COc2c1cc(Cl)nc2-c1ccc(F)cc1. The van der Waals surface area contributed by atoms with Gasteiger partial charge in [-0.1, -0.05) is 11.6 Å². The summed E-state index contributed by atoms with van der Waals surface area (Å²) in [6.45, 7) is 3.84.